The smallest absolute Gasteiger partial charge is 0.172 e. The highest BCUT2D eigenvalue weighted by atomic mass is 79.9. The molecule has 0 radical (unpaired) electrons. The summed E-state index contributed by atoms with van der Waals surface area (Å²) in [5, 5.41) is 0.517. The van der Waals surface area contributed by atoms with Gasteiger partial charge in [0, 0.05) is 5.33 Å². The van der Waals surface area contributed by atoms with Crippen LogP contribution in [0.25, 0.3) is 0 Å². The maximum Gasteiger partial charge on any atom is 0.172 e. The average molecular weight is 286 g/mol. The summed E-state index contributed by atoms with van der Waals surface area (Å²) in [7, 11) is 0. The van der Waals surface area contributed by atoms with Crippen LogP contribution in [0.1, 0.15) is 5.56 Å². The van der Waals surface area contributed by atoms with Gasteiger partial charge in [-0.2, -0.15) is 0 Å². The Labute approximate surface area is 79.9 Å². The van der Waals surface area contributed by atoms with Crippen LogP contribution in [-0.2, 0) is 5.33 Å². The molecule has 0 aliphatic carbocycles. The van der Waals surface area contributed by atoms with Gasteiger partial charge in [-0.25, -0.2) is 8.78 Å². The van der Waals surface area contributed by atoms with Crippen molar-refractivity contribution in [1.29, 1.82) is 0 Å². The van der Waals surface area contributed by atoms with Gasteiger partial charge in [0.1, 0.15) is 0 Å². The Kier molecular flexibility index (Phi) is 3.01. The highest BCUT2D eigenvalue weighted by Crippen LogP contribution is 2.21. The second kappa shape index (κ2) is 3.63. The molecule has 0 aromatic heterocycles. The lowest BCUT2D eigenvalue weighted by Gasteiger charge is -1.99. The molecule has 1 aromatic carbocycles. The molecule has 0 spiro atoms. The third-order valence-corrected chi connectivity index (χ3v) is 2.42. The molecule has 1 rings (SSSR count). The topological polar surface area (TPSA) is 0 Å². The van der Waals surface area contributed by atoms with Gasteiger partial charge in [-0.15, -0.1) is 0 Å². The monoisotopic (exact) mass is 284 g/mol. The molecule has 0 bridgehead atoms. The normalized spacial score (nSPS) is 10.2. The third-order valence-electron chi connectivity index (χ3n) is 1.20. The first kappa shape index (κ1) is 9.13. The Morgan fingerprint density at radius 1 is 1.27 bits per heavy atom. The van der Waals surface area contributed by atoms with E-state index in [-0.39, 0.29) is 4.47 Å². The second-order valence-electron chi connectivity index (χ2n) is 2.01. The van der Waals surface area contributed by atoms with Crippen LogP contribution in [0.15, 0.2) is 16.6 Å². The van der Waals surface area contributed by atoms with E-state index in [1.54, 1.807) is 0 Å². The molecule has 0 amide bonds. The molecule has 1 aromatic rings. The van der Waals surface area contributed by atoms with Gasteiger partial charge in [-0.05, 0) is 33.6 Å². The second-order valence-corrected chi connectivity index (χ2v) is 3.42. The molecule has 0 heterocycles. The first-order valence-corrected chi connectivity index (χ1v) is 4.76. The van der Waals surface area contributed by atoms with Crippen molar-refractivity contribution in [2.75, 3.05) is 0 Å². The first-order chi connectivity index (χ1) is 5.15. The standard InChI is InChI=1S/C7H4Br2F2/c8-3-4-1-5(9)7(11)6(10)2-4/h1-2H,3H2. The maximum atomic E-state index is 12.6. The lowest BCUT2D eigenvalue weighted by Crippen LogP contribution is -1.88. The van der Waals surface area contributed by atoms with Crippen LogP contribution in [0.4, 0.5) is 8.78 Å². The fourth-order valence-electron chi connectivity index (χ4n) is 0.685. The molecule has 4 heteroatoms. The SMILES string of the molecule is Fc1cc(CBr)cc(Br)c1F. The summed E-state index contributed by atoms with van der Waals surface area (Å²) < 4.78 is 25.4. The van der Waals surface area contributed by atoms with E-state index < -0.39 is 11.6 Å². The van der Waals surface area contributed by atoms with Crippen LogP contribution in [-0.4, -0.2) is 0 Å². The Bertz CT molecular complexity index is 250. The van der Waals surface area contributed by atoms with Crippen molar-refractivity contribution in [1.82, 2.24) is 0 Å². The zero-order chi connectivity index (χ0) is 8.43. The van der Waals surface area contributed by atoms with Gasteiger partial charge in [-0.1, -0.05) is 15.9 Å². The van der Waals surface area contributed by atoms with E-state index in [1.807, 2.05) is 0 Å². The van der Waals surface area contributed by atoms with Crippen molar-refractivity contribution in [3.05, 3.63) is 33.8 Å². The van der Waals surface area contributed by atoms with Crippen LogP contribution in [0.5, 0.6) is 0 Å². The predicted molar refractivity (Wildman–Crippen MR) is 46.7 cm³/mol. The number of benzene rings is 1. The minimum atomic E-state index is -0.838. The van der Waals surface area contributed by atoms with E-state index in [4.69, 9.17) is 0 Å². The molecule has 0 aliphatic rings. The van der Waals surface area contributed by atoms with Gasteiger partial charge >= 0.3 is 0 Å². The van der Waals surface area contributed by atoms with Gasteiger partial charge < -0.3 is 0 Å². The number of rotatable bonds is 1. The van der Waals surface area contributed by atoms with Gasteiger partial charge in [0.05, 0.1) is 4.47 Å². The molecular weight excluding hydrogens is 282 g/mol. The molecule has 0 aliphatic heterocycles. The Morgan fingerprint density at radius 3 is 2.36 bits per heavy atom. The summed E-state index contributed by atoms with van der Waals surface area (Å²) >= 11 is 6.04. The quantitative estimate of drug-likeness (QED) is 0.546. The van der Waals surface area contributed by atoms with E-state index in [2.05, 4.69) is 31.9 Å². The van der Waals surface area contributed by atoms with Gasteiger partial charge in [0.15, 0.2) is 11.6 Å². The number of alkyl halides is 1. The van der Waals surface area contributed by atoms with Crippen molar-refractivity contribution < 1.29 is 8.78 Å². The zero-order valence-electron chi connectivity index (χ0n) is 5.37. The highest BCUT2D eigenvalue weighted by molar-refractivity contribution is 9.10. The molecule has 0 N–H and O–H groups in total. The lowest BCUT2D eigenvalue weighted by molar-refractivity contribution is 0.503. The van der Waals surface area contributed by atoms with Crippen molar-refractivity contribution >= 4 is 31.9 Å². The summed E-state index contributed by atoms with van der Waals surface area (Å²) in [6.45, 7) is 0. The molecule has 60 valence electrons. The van der Waals surface area contributed by atoms with Crippen LogP contribution in [0.2, 0.25) is 0 Å². The Hall–Kier alpha value is 0.0400. The van der Waals surface area contributed by atoms with Crippen molar-refractivity contribution in [2.45, 2.75) is 5.33 Å². The Balaban J connectivity index is 3.21. The van der Waals surface area contributed by atoms with Crippen LogP contribution < -0.4 is 0 Å². The van der Waals surface area contributed by atoms with Crippen LogP contribution >= 0.6 is 31.9 Å². The summed E-state index contributed by atoms with van der Waals surface area (Å²) in [5.74, 6) is -1.66. The summed E-state index contributed by atoms with van der Waals surface area (Å²) in [4.78, 5) is 0. The molecule has 0 atom stereocenters. The largest absolute Gasteiger partial charge is 0.204 e. The molecule has 0 unspecified atom stereocenters. The number of halogens is 4. The molecule has 0 saturated carbocycles. The van der Waals surface area contributed by atoms with E-state index in [9.17, 15) is 8.78 Å². The summed E-state index contributed by atoms with van der Waals surface area (Å²) in [5.41, 5.74) is 0.704. The minimum absolute atomic E-state index is 0.159. The fraction of sp³-hybridized carbons (Fsp3) is 0.143. The van der Waals surface area contributed by atoms with E-state index in [0.29, 0.717) is 10.9 Å². The van der Waals surface area contributed by atoms with Gasteiger partial charge in [0.2, 0.25) is 0 Å². The molecule has 11 heavy (non-hydrogen) atoms. The molecular formula is C7H4Br2F2. The minimum Gasteiger partial charge on any atom is -0.204 e. The Morgan fingerprint density at radius 2 is 1.91 bits per heavy atom. The highest BCUT2D eigenvalue weighted by Gasteiger charge is 2.07. The fourth-order valence-corrected chi connectivity index (χ4v) is 1.49. The van der Waals surface area contributed by atoms with Gasteiger partial charge in [-0.3, -0.25) is 0 Å². The lowest BCUT2D eigenvalue weighted by atomic mass is 10.2. The van der Waals surface area contributed by atoms with Crippen LogP contribution in [0, 0.1) is 11.6 Å². The maximum absolute atomic E-state index is 12.6. The van der Waals surface area contributed by atoms with E-state index in [0.717, 1.165) is 6.07 Å². The number of hydrogen-bond donors (Lipinski definition) is 0. The first-order valence-electron chi connectivity index (χ1n) is 2.84. The summed E-state index contributed by atoms with van der Waals surface area (Å²) in [6.07, 6.45) is 0. The van der Waals surface area contributed by atoms with Gasteiger partial charge in [0.25, 0.3) is 0 Å². The molecule has 0 fully saturated rings. The van der Waals surface area contributed by atoms with Crippen molar-refractivity contribution in [3.63, 3.8) is 0 Å². The van der Waals surface area contributed by atoms with Crippen molar-refractivity contribution in [3.8, 4) is 0 Å². The zero-order valence-corrected chi connectivity index (χ0v) is 8.55. The van der Waals surface area contributed by atoms with E-state index >= 15 is 0 Å². The van der Waals surface area contributed by atoms with Crippen molar-refractivity contribution in [2.24, 2.45) is 0 Å². The molecule has 0 saturated heterocycles. The van der Waals surface area contributed by atoms with E-state index in [1.165, 1.54) is 6.07 Å². The number of hydrogen-bond acceptors (Lipinski definition) is 0. The average Bonchev–Trinajstić information content (AvgIpc) is 1.99. The predicted octanol–water partition coefficient (Wildman–Crippen LogP) is 3.62. The molecule has 0 nitrogen and oxygen atoms in total. The van der Waals surface area contributed by atoms with Crippen LogP contribution in [0.3, 0.4) is 0 Å². The third kappa shape index (κ3) is 1.99. The summed E-state index contributed by atoms with van der Waals surface area (Å²) in [6, 6.07) is 2.70.